The zero-order chi connectivity index (χ0) is 19.3. The lowest BCUT2D eigenvalue weighted by Crippen LogP contribution is -2.39. The zero-order valence-corrected chi connectivity index (χ0v) is 16.3. The molecule has 2 aromatic heterocycles. The second-order valence-electron chi connectivity index (χ2n) is 7.48. The van der Waals surface area contributed by atoms with Crippen LogP contribution in [0.25, 0.3) is 22.2 Å². The minimum absolute atomic E-state index is 0.0582. The van der Waals surface area contributed by atoms with Crippen molar-refractivity contribution in [2.45, 2.75) is 31.7 Å². The average Bonchev–Trinajstić information content (AvgIpc) is 2.75. The summed E-state index contributed by atoms with van der Waals surface area (Å²) in [6.45, 7) is 1.86. The van der Waals surface area contributed by atoms with Gasteiger partial charge in [0.15, 0.2) is 0 Å². The minimum atomic E-state index is -0.0582. The van der Waals surface area contributed by atoms with Crippen molar-refractivity contribution >= 4 is 16.8 Å². The van der Waals surface area contributed by atoms with Crippen molar-refractivity contribution in [1.29, 1.82) is 0 Å². The van der Waals surface area contributed by atoms with Gasteiger partial charge in [-0.25, -0.2) is 0 Å². The smallest absolute Gasteiger partial charge is 0.252 e. The number of rotatable bonds is 5. The molecule has 0 saturated carbocycles. The topological polar surface area (TPSA) is 58.1 Å². The molecule has 5 heteroatoms. The van der Waals surface area contributed by atoms with Crippen LogP contribution < -0.4 is 5.32 Å². The third-order valence-electron chi connectivity index (χ3n) is 5.63. The number of hydrogen-bond acceptors (Lipinski definition) is 4. The first-order valence-corrected chi connectivity index (χ1v) is 10.0. The number of likely N-dealkylation sites (tertiary alicyclic amines) is 1. The van der Waals surface area contributed by atoms with E-state index in [4.69, 9.17) is 0 Å². The fraction of sp³-hybridized carbons (Fsp3) is 0.348. The molecule has 0 spiro atoms. The van der Waals surface area contributed by atoms with E-state index in [1.165, 1.54) is 19.3 Å². The summed E-state index contributed by atoms with van der Waals surface area (Å²) in [5.74, 6) is -0.0582. The van der Waals surface area contributed by atoms with Gasteiger partial charge < -0.3 is 10.2 Å². The highest BCUT2D eigenvalue weighted by Gasteiger charge is 2.18. The summed E-state index contributed by atoms with van der Waals surface area (Å²) < 4.78 is 0. The molecule has 28 heavy (non-hydrogen) atoms. The maximum absolute atomic E-state index is 12.5. The Balaban J connectivity index is 1.40. The number of aromatic nitrogens is 2. The van der Waals surface area contributed by atoms with Gasteiger partial charge in [0.25, 0.3) is 5.91 Å². The van der Waals surface area contributed by atoms with Gasteiger partial charge in [-0.05, 0) is 57.1 Å². The van der Waals surface area contributed by atoms with Crippen LogP contribution in [0.2, 0.25) is 0 Å². The van der Waals surface area contributed by atoms with Crippen molar-refractivity contribution in [3.05, 3.63) is 60.4 Å². The minimum Gasteiger partial charge on any atom is -0.352 e. The quantitative estimate of drug-likeness (QED) is 0.736. The van der Waals surface area contributed by atoms with E-state index in [-0.39, 0.29) is 5.91 Å². The number of nitrogens with zero attached hydrogens (tertiary/aromatic N) is 3. The number of benzene rings is 1. The molecule has 3 aromatic rings. The number of pyridine rings is 2. The number of fused-ring (bicyclic) bond motifs is 1. The largest absolute Gasteiger partial charge is 0.352 e. The maximum Gasteiger partial charge on any atom is 0.252 e. The van der Waals surface area contributed by atoms with Gasteiger partial charge in [-0.15, -0.1) is 0 Å². The van der Waals surface area contributed by atoms with Crippen LogP contribution in [-0.2, 0) is 0 Å². The molecule has 1 aromatic carbocycles. The highest BCUT2D eigenvalue weighted by molar-refractivity contribution is 5.96. The monoisotopic (exact) mass is 374 g/mol. The van der Waals surface area contributed by atoms with Crippen molar-refractivity contribution in [2.24, 2.45) is 0 Å². The Hall–Kier alpha value is -2.79. The molecule has 0 unspecified atom stereocenters. The highest BCUT2D eigenvalue weighted by Crippen LogP contribution is 2.26. The molecule has 1 fully saturated rings. The first kappa shape index (κ1) is 18.6. The summed E-state index contributed by atoms with van der Waals surface area (Å²) in [6, 6.07) is 14.3. The molecule has 3 heterocycles. The molecule has 0 radical (unpaired) electrons. The SMILES string of the molecule is CN1CCCC[C@H]1CCNC(=O)c1ccc(-c2cccc3ncccc23)nc1. The summed E-state index contributed by atoms with van der Waals surface area (Å²) in [4.78, 5) is 23.8. The number of carbonyl (C=O) groups is 1. The molecule has 1 aliphatic rings. The van der Waals surface area contributed by atoms with Crippen molar-refractivity contribution in [2.75, 3.05) is 20.1 Å². The Bertz CT molecular complexity index is 949. The van der Waals surface area contributed by atoms with Crippen LogP contribution >= 0.6 is 0 Å². The lowest BCUT2D eigenvalue weighted by molar-refractivity contribution is 0.0945. The maximum atomic E-state index is 12.5. The van der Waals surface area contributed by atoms with Crippen LogP contribution in [0.3, 0.4) is 0 Å². The van der Waals surface area contributed by atoms with Crippen LogP contribution in [0.1, 0.15) is 36.0 Å². The standard InChI is InChI=1S/C23H26N4O/c1-27-15-3-2-6-18(27)12-14-25-23(28)17-10-11-22(26-16-17)19-7-4-9-21-20(19)8-5-13-24-21/h4-5,7-11,13,16,18H,2-3,6,12,14-15H2,1H3,(H,25,28)/t18-/m0/s1. The molecular formula is C23H26N4O. The molecule has 144 valence electrons. The van der Waals surface area contributed by atoms with Gasteiger partial charge in [0.1, 0.15) is 0 Å². The van der Waals surface area contributed by atoms with Crippen molar-refractivity contribution in [3.8, 4) is 11.3 Å². The van der Waals surface area contributed by atoms with E-state index < -0.39 is 0 Å². The van der Waals surface area contributed by atoms with Crippen LogP contribution in [0.15, 0.2) is 54.9 Å². The van der Waals surface area contributed by atoms with Gasteiger partial charge >= 0.3 is 0 Å². The molecular weight excluding hydrogens is 348 g/mol. The van der Waals surface area contributed by atoms with Gasteiger partial charge in [-0.1, -0.05) is 24.6 Å². The average molecular weight is 374 g/mol. The predicted octanol–water partition coefficient (Wildman–Crippen LogP) is 3.90. The fourth-order valence-electron chi connectivity index (χ4n) is 3.98. The molecule has 1 atom stereocenters. The summed E-state index contributed by atoms with van der Waals surface area (Å²) >= 11 is 0. The third-order valence-corrected chi connectivity index (χ3v) is 5.63. The van der Waals surface area contributed by atoms with Gasteiger partial charge in [-0.3, -0.25) is 14.8 Å². The van der Waals surface area contributed by atoms with E-state index in [9.17, 15) is 4.79 Å². The van der Waals surface area contributed by atoms with E-state index in [1.54, 1.807) is 12.4 Å². The zero-order valence-electron chi connectivity index (χ0n) is 16.3. The van der Waals surface area contributed by atoms with E-state index in [0.717, 1.165) is 35.1 Å². The van der Waals surface area contributed by atoms with Crippen LogP contribution in [0.4, 0.5) is 0 Å². The second kappa shape index (κ2) is 8.48. The summed E-state index contributed by atoms with van der Waals surface area (Å²) in [5.41, 5.74) is 3.41. The molecule has 1 aliphatic heterocycles. The van der Waals surface area contributed by atoms with Gasteiger partial charge in [0, 0.05) is 35.9 Å². The molecule has 1 N–H and O–H groups in total. The van der Waals surface area contributed by atoms with Crippen molar-refractivity contribution in [1.82, 2.24) is 20.2 Å². The lowest BCUT2D eigenvalue weighted by atomic mass is 10.0. The van der Waals surface area contributed by atoms with Gasteiger partial charge in [0.05, 0.1) is 16.8 Å². The summed E-state index contributed by atoms with van der Waals surface area (Å²) in [5, 5.41) is 4.10. The third kappa shape index (κ3) is 4.04. The predicted molar refractivity (Wildman–Crippen MR) is 112 cm³/mol. The Kier molecular flexibility index (Phi) is 5.63. The van der Waals surface area contributed by atoms with E-state index in [0.29, 0.717) is 18.2 Å². The lowest BCUT2D eigenvalue weighted by Gasteiger charge is -2.32. The van der Waals surface area contributed by atoms with Gasteiger partial charge in [0.2, 0.25) is 0 Å². The Morgan fingerprint density at radius 2 is 2.07 bits per heavy atom. The molecule has 5 nitrogen and oxygen atoms in total. The number of piperidine rings is 1. The normalized spacial score (nSPS) is 17.5. The second-order valence-corrected chi connectivity index (χ2v) is 7.48. The summed E-state index contributed by atoms with van der Waals surface area (Å²) in [7, 11) is 2.18. The van der Waals surface area contributed by atoms with Crippen molar-refractivity contribution in [3.63, 3.8) is 0 Å². The van der Waals surface area contributed by atoms with E-state index in [2.05, 4.69) is 27.2 Å². The van der Waals surface area contributed by atoms with Gasteiger partial charge in [-0.2, -0.15) is 0 Å². The summed E-state index contributed by atoms with van der Waals surface area (Å²) in [6.07, 6.45) is 8.24. The molecule has 0 bridgehead atoms. The fourth-order valence-corrected chi connectivity index (χ4v) is 3.98. The highest BCUT2D eigenvalue weighted by atomic mass is 16.1. The Morgan fingerprint density at radius 1 is 1.14 bits per heavy atom. The number of amides is 1. The van der Waals surface area contributed by atoms with Crippen molar-refractivity contribution < 1.29 is 4.79 Å². The number of nitrogens with one attached hydrogen (secondary N) is 1. The Labute approximate surface area is 165 Å². The van der Waals surface area contributed by atoms with Crippen LogP contribution in [-0.4, -0.2) is 47.0 Å². The Morgan fingerprint density at radius 3 is 2.89 bits per heavy atom. The molecule has 1 saturated heterocycles. The van der Waals surface area contributed by atoms with E-state index in [1.807, 2.05) is 42.5 Å². The first-order valence-electron chi connectivity index (χ1n) is 10.0. The first-order chi connectivity index (χ1) is 13.7. The molecule has 0 aliphatic carbocycles. The van der Waals surface area contributed by atoms with Crippen LogP contribution in [0, 0.1) is 0 Å². The molecule has 1 amide bonds. The molecule has 4 rings (SSSR count). The number of carbonyl (C=O) groups excluding carboxylic acids is 1. The van der Waals surface area contributed by atoms with Crippen LogP contribution in [0.5, 0.6) is 0 Å². The number of hydrogen-bond donors (Lipinski definition) is 1. The van der Waals surface area contributed by atoms with E-state index >= 15 is 0 Å².